The van der Waals surface area contributed by atoms with Crippen LogP contribution in [-0.2, 0) is 11.3 Å². The molecule has 1 rings (SSSR count). The second kappa shape index (κ2) is 5.83. The summed E-state index contributed by atoms with van der Waals surface area (Å²) >= 11 is 0. The predicted molar refractivity (Wildman–Crippen MR) is 55.2 cm³/mol. The van der Waals surface area contributed by atoms with Crippen molar-refractivity contribution in [2.75, 3.05) is 6.61 Å². The Labute approximate surface area is 83.6 Å². The van der Waals surface area contributed by atoms with E-state index in [1.807, 2.05) is 30.3 Å². The van der Waals surface area contributed by atoms with Crippen molar-refractivity contribution in [1.82, 2.24) is 0 Å². The zero-order valence-corrected chi connectivity index (χ0v) is 8.45. The molecule has 0 aliphatic heterocycles. The van der Waals surface area contributed by atoms with Crippen LogP contribution in [0, 0.1) is 5.41 Å². The Morgan fingerprint density at radius 3 is 2.50 bits per heavy atom. The lowest BCUT2D eigenvalue weighted by Gasteiger charge is -2.06. The molecule has 5 heteroatoms. The van der Waals surface area contributed by atoms with Gasteiger partial charge in [0.25, 0.3) is 0 Å². The van der Waals surface area contributed by atoms with Crippen LogP contribution in [0.2, 0.25) is 0 Å². The Morgan fingerprint density at radius 2 is 1.93 bits per heavy atom. The lowest BCUT2D eigenvalue weighted by Crippen LogP contribution is -2.05. The second-order valence-electron chi connectivity index (χ2n) is 2.71. The first-order chi connectivity index (χ1) is 6.70. The maximum Gasteiger partial charge on any atom is 0.216 e. The Morgan fingerprint density at radius 1 is 1.29 bits per heavy atom. The number of benzene rings is 1. The number of hydrogen-bond donors (Lipinski definition) is 3. The van der Waals surface area contributed by atoms with Crippen molar-refractivity contribution in [3.63, 3.8) is 0 Å². The average Bonchev–Trinajstić information content (AvgIpc) is 2.19. The first kappa shape index (κ1) is 11.3. The van der Waals surface area contributed by atoms with Crippen LogP contribution in [0.1, 0.15) is 5.56 Å². The summed E-state index contributed by atoms with van der Waals surface area (Å²) in [4.78, 5) is 17.3. The van der Waals surface area contributed by atoms with Gasteiger partial charge in [-0.1, -0.05) is 30.3 Å². The van der Waals surface area contributed by atoms with E-state index in [2.05, 4.69) is 0 Å². The molecule has 0 radical (unpaired) electrons. The van der Waals surface area contributed by atoms with Gasteiger partial charge in [-0.05, 0) is 5.56 Å². The highest BCUT2D eigenvalue weighted by atomic mass is 31.2. The summed E-state index contributed by atoms with van der Waals surface area (Å²) in [6.45, 7) is 0.347. The molecule has 0 saturated carbocycles. The highest BCUT2D eigenvalue weighted by Crippen LogP contribution is 2.24. The summed E-state index contributed by atoms with van der Waals surface area (Å²) in [7, 11) is -2.28. The van der Waals surface area contributed by atoms with Gasteiger partial charge in [0.2, 0.25) is 8.38 Å². The third kappa shape index (κ3) is 3.94. The van der Waals surface area contributed by atoms with Crippen LogP contribution in [-0.4, -0.2) is 21.8 Å². The van der Waals surface area contributed by atoms with Gasteiger partial charge in [-0.15, -0.1) is 0 Å². The Bertz CT molecular complexity index is 289. The second-order valence-corrected chi connectivity index (χ2v) is 3.83. The highest BCUT2D eigenvalue weighted by molar-refractivity contribution is 7.64. The van der Waals surface area contributed by atoms with E-state index in [4.69, 9.17) is 19.9 Å². The molecule has 0 amide bonds. The highest BCUT2D eigenvalue weighted by Gasteiger charge is 2.06. The molecule has 1 aromatic carbocycles. The van der Waals surface area contributed by atoms with Crippen molar-refractivity contribution in [3.8, 4) is 0 Å². The molecule has 14 heavy (non-hydrogen) atoms. The van der Waals surface area contributed by atoms with Crippen LogP contribution in [0.5, 0.6) is 0 Å². The van der Waals surface area contributed by atoms with Crippen molar-refractivity contribution in [2.24, 2.45) is 0 Å². The molecular formula is C9H12NO3P. The van der Waals surface area contributed by atoms with Crippen LogP contribution in [0.4, 0.5) is 0 Å². The fourth-order valence-corrected chi connectivity index (χ4v) is 1.10. The standard InChI is InChI=1S/C9H12NO3P/c10-9(14(11)12)7-13-6-8-4-2-1-3-5-8/h1-5,10-12H,6-7H2. The fraction of sp³-hybridized carbons (Fsp3) is 0.222. The summed E-state index contributed by atoms with van der Waals surface area (Å²) in [5.41, 5.74) is 0.830. The Balaban J connectivity index is 2.26. The maximum absolute atomic E-state index is 8.63. The summed E-state index contributed by atoms with van der Waals surface area (Å²) < 4.78 is 5.11. The normalized spacial score (nSPS) is 10.5. The maximum atomic E-state index is 8.63. The minimum absolute atomic E-state index is 0.0341. The number of rotatable bonds is 5. The number of nitrogens with one attached hydrogen (secondary N) is 1. The van der Waals surface area contributed by atoms with Crippen LogP contribution in [0.15, 0.2) is 30.3 Å². The van der Waals surface area contributed by atoms with Crippen LogP contribution >= 0.6 is 8.38 Å². The molecule has 4 nitrogen and oxygen atoms in total. The minimum Gasteiger partial charge on any atom is -0.370 e. The molecule has 0 heterocycles. The quantitative estimate of drug-likeness (QED) is 0.512. The monoisotopic (exact) mass is 213 g/mol. The van der Waals surface area contributed by atoms with Gasteiger partial charge < -0.3 is 14.5 Å². The van der Waals surface area contributed by atoms with Gasteiger partial charge in [0.15, 0.2) is 0 Å². The van der Waals surface area contributed by atoms with E-state index in [1.54, 1.807) is 0 Å². The zero-order valence-electron chi connectivity index (χ0n) is 7.55. The SMILES string of the molecule is N=C(COCc1ccccc1)P(O)O. The summed E-state index contributed by atoms with van der Waals surface area (Å²) in [6.07, 6.45) is 0. The molecule has 0 unspecified atom stereocenters. The van der Waals surface area contributed by atoms with E-state index in [0.717, 1.165) is 5.56 Å². The van der Waals surface area contributed by atoms with Crippen molar-refractivity contribution >= 4 is 13.8 Å². The lowest BCUT2D eigenvalue weighted by atomic mass is 10.2. The van der Waals surface area contributed by atoms with Gasteiger partial charge in [-0.3, -0.25) is 5.41 Å². The first-order valence-corrected chi connectivity index (χ1v) is 5.32. The van der Waals surface area contributed by atoms with Crippen molar-refractivity contribution < 1.29 is 14.5 Å². The Kier molecular flexibility index (Phi) is 4.70. The molecule has 76 valence electrons. The van der Waals surface area contributed by atoms with Crippen molar-refractivity contribution in [3.05, 3.63) is 35.9 Å². The molecule has 3 N–H and O–H groups in total. The lowest BCUT2D eigenvalue weighted by molar-refractivity contribution is 0.158. The van der Waals surface area contributed by atoms with E-state index in [-0.39, 0.29) is 12.1 Å². The summed E-state index contributed by atoms with van der Waals surface area (Å²) in [5, 5.41) is 7.11. The minimum atomic E-state index is -2.28. The van der Waals surface area contributed by atoms with Gasteiger partial charge >= 0.3 is 0 Å². The van der Waals surface area contributed by atoms with Crippen molar-refractivity contribution in [1.29, 1.82) is 5.41 Å². The first-order valence-electron chi connectivity index (χ1n) is 4.07. The van der Waals surface area contributed by atoms with E-state index < -0.39 is 8.38 Å². The Hall–Kier alpha value is -0.800. The molecule has 0 atom stereocenters. The summed E-state index contributed by atoms with van der Waals surface area (Å²) in [6, 6.07) is 9.52. The molecule has 0 aliphatic carbocycles. The molecule has 0 spiro atoms. The third-order valence-electron chi connectivity index (χ3n) is 1.59. The van der Waals surface area contributed by atoms with Gasteiger partial charge in [-0.2, -0.15) is 0 Å². The molecule has 0 aliphatic rings. The van der Waals surface area contributed by atoms with Crippen LogP contribution < -0.4 is 0 Å². The molecule has 1 aromatic rings. The molecule has 0 fully saturated rings. The topological polar surface area (TPSA) is 73.5 Å². The van der Waals surface area contributed by atoms with E-state index in [1.165, 1.54) is 0 Å². The van der Waals surface area contributed by atoms with Crippen molar-refractivity contribution in [2.45, 2.75) is 6.61 Å². The predicted octanol–water partition coefficient (Wildman–Crippen LogP) is 1.48. The smallest absolute Gasteiger partial charge is 0.216 e. The largest absolute Gasteiger partial charge is 0.370 e. The zero-order chi connectivity index (χ0) is 10.4. The molecule has 0 bridgehead atoms. The van der Waals surface area contributed by atoms with E-state index in [9.17, 15) is 0 Å². The third-order valence-corrected chi connectivity index (χ3v) is 2.20. The van der Waals surface area contributed by atoms with Gasteiger partial charge in [0.05, 0.1) is 13.2 Å². The average molecular weight is 213 g/mol. The van der Waals surface area contributed by atoms with E-state index in [0.29, 0.717) is 6.61 Å². The van der Waals surface area contributed by atoms with Gasteiger partial charge in [0.1, 0.15) is 5.45 Å². The number of ether oxygens (including phenoxy) is 1. The number of hydrogen-bond acceptors (Lipinski definition) is 4. The van der Waals surface area contributed by atoms with Gasteiger partial charge in [-0.25, -0.2) is 0 Å². The molecule has 0 saturated heterocycles. The van der Waals surface area contributed by atoms with Crippen LogP contribution in [0.25, 0.3) is 0 Å². The van der Waals surface area contributed by atoms with Crippen LogP contribution in [0.3, 0.4) is 0 Å². The van der Waals surface area contributed by atoms with E-state index >= 15 is 0 Å². The molecule has 0 aromatic heterocycles. The summed E-state index contributed by atoms with van der Waals surface area (Å²) in [5.74, 6) is 0. The van der Waals surface area contributed by atoms with Gasteiger partial charge in [0, 0.05) is 0 Å². The fourth-order valence-electron chi connectivity index (χ4n) is 0.898. The molecular weight excluding hydrogens is 201 g/mol.